The molecule has 3 aliphatic rings. The van der Waals surface area contributed by atoms with Crippen molar-refractivity contribution in [3.05, 3.63) is 23.2 Å². The van der Waals surface area contributed by atoms with Crippen LogP contribution in [0.2, 0.25) is 5.15 Å². The summed E-state index contributed by atoms with van der Waals surface area (Å²) in [7, 11) is 0. The highest BCUT2D eigenvalue weighted by Gasteiger charge is 2.76. The molecule has 1 saturated heterocycles. The highest BCUT2D eigenvalue weighted by Crippen LogP contribution is 2.70. The Balaban J connectivity index is 1.69. The van der Waals surface area contributed by atoms with Crippen LogP contribution in [-0.4, -0.2) is 38.8 Å². The average molecular weight is 348 g/mol. The standard InChI is InChI=1S/C17H18ClN3O3/c1-8-4-9-14(18)19-7-20-15(9)21(8)11-10-5-17(10,6-22)13-12(11)23-16(2,3)24-13/h4,6-7,10-13H,5H2,1-3H3/t10-,11-,12+,13+,17+/m1/s1. The molecule has 0 unspecified atom stereocenters. The van der Waals surface area contributed by atoms with Gasteiger partial charge in [0.25, 0.3) is 0 Å². The summed E-state index contributed by atoms with van der Waals surface area (Å²) in [6, 6.07) is 2.02. The number of aryl methyl sites for hydroxylation is 1. The van der Waals surface area contributed by atoms with Crippen LogP contribution in [0.15, 0.2) is 12.4 Å². The molecule has 2 aliphatic carbocycles. The van der Waals surface area contributed by atoms with Gasteiger partial charge in [0.05, 0.1) is 16.8 Å². The molecule has 0 N–H and O–H groups in total. The van der Waals surface area contributed by atoms with E-state index in [2.05, 4.69) is 14.5 Å². The summed E-state index contributed by atoms with van der Waals surface area (Å²) in [6.07, 6.45) is 3.02. The van der Waals surface area contributed by atoms with Crippen LogP contribution >= 0.6 is 11.6 Å². The summed E-state index contributed by atoms with van der Waals surface area (Å²) in [5.41, 5.74) is 1.40. The minimum atomic E-state index is -0.680. The normalized spacial score (nSPS) is 39.0. The number of aldehydes is 1. The van der Waals surface area contributed by atoms with Crippen LogP contribution in [0.25, 0.3) is 11.0 Å². The van der Waals surface area contributed by atoms with E-state index < -0.39 is 11.2 Å². The van der Waals surface area contributed by atoms with Crippen LogP contribution in [0.3, 0.4) is 0 Å². The highest BCUT2D eigenvalue weighted by molar-refractivity contribution is 6.33. The van der Waals surface area contributed by atoms with Crippen LogP contribution in [-0.2, 0) is 14.3 Å². The third-order valence-corrected chi connectivity index (χ3v) is 6.11. The number of hydrogen-bond donors (Lipinski definition) is 0. The summed E-state index contributed by atoms with van der Waals surface area (Å²) < 4.78 is 14.5. The van der Waals surface area contributed by atoms with Gasteiger partial charge >= 0.3 is 0 Å². The fourth-order valence-corrected chi connectivity index (χ4v) is 4.99. The number of fused-ring (bicyclic) bond motifs is 4. The van der Waals surface area contributed by atoms with E-state index >= 15 is 0 Å². The average Bonchev–Trinajstić information content (AvgIpc) is 2.92. The first-order valence-corrected chi connectivity index (χ1v) is 8.56. The van der Waals surface area contributed by atoms with Crippen molar-refractivity contribution in [1.82, 2.24) is 14.5 Å². The Hall–Kier alpha value is -1.50. The van der Waals surface area contributed by atoms with Crippen LogP contribution in [0, 0.1) is 18.3 Å². The maximum Gasteiger partial charge on any atom is 0.163 e. The third-order valence-electron chi connectivity index (χ3n) is 5.80. The van der Waals surface area contributed by atoms with E-state index in [4.69, 9.17) is 21.1 Å². The van der Waals surface area contributed by atoms with Crippen molar-refractivity contribution in [2.75, 3.05) is 0 Å². The molecule has 2 saturated carbocycles. The third kappa shape index (κ3) is 1.66. The van der Waals surface area contributed by atoms with E-state index in [0.717, 1.165) is 29.4 Å². The van der Waals surface area contributed by atoms with Crippen molar-refractivity contribution in [2.24, 2.45) is 11.3 Å². The van der Waals surface area contributed by atoms with Gasteiger partial charge in [-0.1, -0.05) is 11.6 Å². The first-order chi connectivity index (χ1) is 11.4. The summed E-state index contributed by atoms with van der Waals surface area (Å²) in [4.78, 5) is 20.4. The van der Waals surface area contributed by atoms with Crippen LogP contribution in [0.1, 0.15) is 32.0 Å². The predicted octanol–water partition coefficient (Wildman–Crippen LogP) is 2.67. The minimum absolute atomic E-state index is 0.0189. The number of rotatable bonds is 2. The van der Waals surface area contributed by atoms with E-state index in [1.54, 1.807) is 0 Å². The molecule has 24 heavy (non-hydrogen) atoms. The van der Waals surface area contributed by atoms with Crippen LogP contribution in [0.4, 0.5) is 0 Å². The number of halogens is 1. The van der Waals surface area contributed by atoms with Gasteiger partial charge in [-0.05, 0) is 39.2 Å². The fourth-order valence-electron chi connectivity index (χ4n) is 4.80. The molecule has 3 fully saturated rings. The molecule has 0 bridgehead atoms. The van der Waals surface area contributed by atoms with Crippen molar-refractivity contribution in [2.45, 2.75) is 51.2 Å². The molecule has 0 radical (unpaired) electrons. The maximum absolute atomic E-state index is 11.9. The molecular weight excluding hydrogens is 330 g/mol. The van der Waals surface area contributed by atoms with Gasteiger partial charge in [0.15, 0.2) is 5.79 Å². The smallest absolute Gasteiger partial charge is 0.163 e. The van der Waals surface area contributed by atoms with Gasteiger partial charge in [-0.25, -0.2) is 9.97 Å². The molecule has 3 heterocycles. The van der Waals surface area contributed by atoms with Crippen LogP contribution < -0.4 is 0 Å². The van der Waals surface area contributed by atoms with Crippen molar-refractivity contribution >= 4 is 28.9 Å². The molecule has 0 spiro atoms. The highest BCUT2D eigenvalue weighted by atomic mass is 35.5. The lowest BCUT2D eigenvalue weighted by Gasteiger charge is -2.25. The van der Waals surface area contributed by atoms with E-state index in [-0.39, 0.29) is 24.2 Å². The fraction of sp³-hybridized carbons (Fsp3) is 0.588. The maximum atomic E-state index is 11.9. The molecule has 6 nitrogen and oxygen atoms in total. The van der Waals surface area contributed by atoms with Gasteiger partial charge in [-0.15, -0.1) is 0 Å². The van der Waals surface area contributed by atoms with Gasteiger partial charge in [0.1, 0.15) is 35.6 Å². The van der Waals surface area contributed by atoms with Gasteiger partial charge in [0, 0.05) is 5.69 Å². The van der Waals surface area contributed by atoms with E-state index in [1.807, 2.05) is 26.8 Å². The van der Waals surface area contributed by atoms with E-state index in [1.165, 1.54) is 6.33 Å². The Bertz CT molecular complexity index is 879. The van der Waals surface area contributed by atoms with Crippen LogP contribution in [0.5, 0.6) is 0 Å². The second-order valence-electron chi connectivity index (χ2n) is 7.61. The monoisotopic (exact) mass is 347 g/mol. The van der Waals surface area contributed by atoms with Crippen molar-refractivity contribution in [1.29, 1.82) is 0 Å². The van der Waals surface area contributed by atoms with E-state index in [0.29, 0.717) is 5.15 Å². The van der Waals surface area contributed by atoms with Gasteiger partial charge in [-0.3, -0.25) is 0 Å². The van der Waals surface area contributed by atoms with Crippen molar-refractivity contribution in [3.63, 3.8) is 0 Å². The molecule has 1 aliphatic heterocycles. The summed E-state index contributed by atoms with van der Waals surface area (Å²) in [5.74, 6) is -0.468. The first-order valence-electron chi connectivity index (χ1n) is 8.18. The number of hydrogen-bond acceptors (Lipinski definition) is 5. The zero-order valence-corrected chi connectivity index (χ0v) is 14.4. The van der Waals surface area contributed by atoms with Crippen molar-refractivity contribution in [3.8, 4) is 0 Å². The number of carbonyl (C=O) groups is 1. The second-order valence-corrected chi connectivity index (χ2v) is 7.97. The molecule has 0 aromatic carbocycles. The number of aromatic nitrogens is 3. The topological polar surface area (TPSA) is 66.2 Å². The zero-order chi connectivity index (χ0) is 16.9. The Kier molecular flexibility index (Phi) is 2.69. The lowest BCUT2D eigenvalue weighted by atomic mass is 10.0. The first kappa shape index (κ1) is 14.8. The lowest BCUT2D eigenvalue weighted by Crippen LogP contribution is -2.32. The molecule has 0 amide bonds. The van der Waals surface area contributed by atoms with Gasteiger partial charge in [-0.2, -0.15) is 0 Å². The summed E-state index contributed by atoms with van der Waals surface area (Å²) in [5, 5.41) is 1.27. The quantitative estimate of drug-likeness (QED) is 0.617. The second kappa shape index (κ2) is 4.36. The van der Waals surface area contributed by atoms with E-state index in [9.17, 15) is 4.79 Å². The van der Waals surface area contributed by atoms with Gasteiger partial charge in [0.2, 0.25) is 0 Å². The molecule has 5 atom stereocenters. The SMILES string of the molecule is Cc1cc2c(Cl)ncnc2n1[C@H]1[C@@H]2OC(C)(C)O[C@@H]2[C@]2(C=O)C[C@H]12. The Labute approximate surface area is 144 Å². The predicted molar refractivity (Wildman–Crippen MR) is 86.7 cm³/mol. The molecule has 5 rings (SSSR count). The Morgan fingerprint density at radius 1 is 1.38 bits per heavy atom. The molecule has 7 heteroatoms. The summed E-state index contributed by atoms with van der Waals surface area (Å²) >= 11 is 6.23. The largest absolute Gasteiger partial charge is 0.343 e. The Morgan fingerprint density at radius 3 is 2.92 bits per heavy atom. The minimum Gasteiger partial charge on any atom is -0.343 e. The number of ether oxygens (including phenoxy) is 2. The molecule has 2 aromatic heterocycles. The summed E-state index contributed by atoms with van der Waals surface area (Å²) in [6.45, 7) is 5.83. The molecular formula is C17H18ClN3O3. The lowest BCUT2D eigenvalue weighted by molar-refractivity contribution is -0.161. The Morgan fingerprint density at radius 2 is 2.17 bits per heavy atom. The number of carbonyl (C=O) groups excluding carboxylic acids is 1. The zero-order valence-electron chi connectivity index (χ0n) is 13.7. The van der Waals surface area contributed by atoms with Gasteiger partial charge < -0.3 is 18.8 Å². The molecule has 126 valence electrons. The number of nitrogens with zero attached hydrogens (tertiary/aromatic N) is 3. The molecule has 2 aromatic rings. The van der Waals surface area contributed by atoms with Crippen molar-refractivity contribution < 1.29 is 14.3 Å².